The summed E-state index contributed by atoms with van der Waals surface area (Å²) < 4.78 is 50.5. The van der Waals surface area contributed by atoms with Gasteiger partial charge in [-0.1, -0.05) is 31.9 Å². The average Bonchev–Trinajstić information content (AvgIpc) is 2.72. The maximum absolute atomic E-state index is 13.4. The lowest BCUT2D eigenvalue weighted by atomic mass is 10.3. The highest BCUT2D eigenvalue weighted by Crippen LogP contribution is 2.41. The Morgan fingerprint density at radius 1 is 0.667 bits per heavy atom. The monoisotopic (exact) mass is 862 g/mol. The van der Waals surface area contributed by atoms with E-state index in [1.54, 1.807) is 14.2 Å². The minimum atomic E-state index is -3.83. The molecule has 33 heavy (non-hydrogen) atoms. The van der Waals surface area contributed by atoms with Crippen LogP contribution in [0.25, 0.3) is 0 Å². The number of benzene rings is 2. The van der Waals surface area contributed by atoms with Crippen molar-refractivity contribution in [3.8, 4) is 11.5 Å². The van der Waals surface area contributed by atoms with Crippen molar-refractivity contribution in [2.45, 2.75) is 19.4 Å². The Hall–Kier alpha value is 0.790. The zero-order valence-electron chi connectivity index (χ0n) is 17.4. The predicted octanol–water partition coefficient (Wildman–Crippen LogP) is 7.15. The van der Waals surface area contributed by atoms with E-state index in [1.807, 2.05) is 0 Å². The summed E-state index contributed by atoms with van der Waals surface area (Å²) in [5.41, 5.74) is 0. The number of alkyl halides is 2. The third-order valence-corrected chi connectivity index (χ3v) is 9.20. The van der Waals surface area contributed by atoms with Crippen LogP contribution in [0.15, 0.2) is 51.9 Å². The summed E-state index contributed by atoms with van der Waals surface area (Å²) in [5, 5.41) is 0. The molecule has 2 aromatic rings. The number of hydrogen-bond acceptors (Lipinski definition) is 6. The van der Waals surface area contributed by atoms with Crippen molar-refractivity contribution < 1.29 is 27.4 Å². The molecule has 2 aromatic carbocycles. The van der Waals surface area contributed by atoms with E-state index < -0.39 is 9.84 Å². The van der Waals surface area contributed by atoms with Crippen LogP contribution >= 0.6 is 95.6 Å². The van der Waals surface area contributed by atoms with Crippen LogP contribution < -0.4 is 9.47 Å². The molecule has 0 aliphatic carbocycles. The standard InChI is InChI=1S/C20H20Br6O6S/c1-29-7-11(21)9-31-19-15(23)3-13(4-16(19)24)33(27,28)14-5-17(25)20(18(26)6-14)32-10-12(22)8-30-2/h3-6,11-12H,7-10H2,1-2H3. The van der Waals surface area contributed by atoms with E-state index in [1.165, 1.54) is 24.3 Å². The van der Waals surface area contributed by atoms with Crippen molar-refractivity contribution in [1.82, 2.24) is 0 Å². The molecule has 0 amide bonds. The first kappa shape index (κ1) is 30.0. The van der Waals surface area contributed by atoms with Gasteiger partial charge in [0.2, 0.25) is 9.84 Å². The fourth-order valence-corrected chi connectivity index (χ4v) is 8.19. The minimum Gasteiger partial charge on any atom is -0.490 e. The highest BCUT2D eigenvalue weighted by atomic mass is 79.9. The average molecular weight is 868 g/mol. The van der Waals surface area contributed by atoms with Crippen molar-refractivity contribution in [3.05, 3.63) is 42.2 Å². The first-order chi connectivity index (χ1) is 15.5. The molecule has 0 bridgehead atoms. The Kier molecular flexibility index (Phi) is 12.7. The van der Waals surface area contributed by atoms with Crippen molar-refractivity contribution in [2.24, 2.45) is 0 Å². The summed E-state index contributed by atoms with van der Waals surface area (Å²) in [4.78, 5) is 0.201. The van der Waals surface area contributed by atoms with Crippen LogP contribution in [-0.2, 0) is 19.3 Å². The Balaban J connectivity index is 2.30. The van der Waals surface area contributed by atoms with Gasteiger partial charge in [0.25, 0.3) is 0 Å². The van der Waals surface area contributed by atoms with Crippen molar-refractivity contribution >= 4 is 105 Å². The van der Waals surface area contributed by atoms with Crippen molar-refractivity contribution in [2.75, 3.05) is 40.6 Å². The maximum atomic E-state index is 13.4. The second-order valence-electron chi connectivity index (χ2n) is 6.66. The van der Waals surface area contributed by atoms with Crippen LogP contribution in [0.2, 0.25) is 0 Å². The Labute approximate surface area is 244 Å². The van der Waals surface area contributed by atoms with E-state index in [0.717, 1.165) is 0 Å². The number of methoxy groups -OCH3 is 2. The highest BCUT2D eigenvalue weighted by molar-refractivity contribution is 9.11. The topological polar surface area (TPSA) is 71.1 Å². The third kappa shape index (κ3) is 8.41. The minimum absolute atomic E-state index is 0.00512. The van der Waals surface area contributed by atoms with E-state index >= 15 is 0 Å². The Morgan fingerprint density at radius 2 is 0.970 bits per heavy atom. The van der Waals surface area contributed by atoms with Crippen LogP contribution in [-0.4, -0.2) is 58.7 Å². The van der Waals surface area contributed by atoms with Crippen LogP contribution in [0.1, 0.15) is 0 Å². The van der Waals surface area contributed by atoms with Gasteiger partial charge in [0.15, 0.2) is 0 Å². The van der Waals surface area contributed by atoms with Gasteiger partial charge in [0, 0.05) is 14.2 Å². The number of ether oxygens (including phenoxy) is 4. The number of halogens is 6. The van der Waals surface area contributed by atoms with E-state index in [2.05, 4.69) is 95.6 Å². The largest absolute Gasteiger partial charge is 0.490 e. The highest BCUT2D eigenvalue weighted by Gasteiger charge is 2.24. The molecule has 0 saturated carbocycles. The molecular weight excluding hydrogens is 848 g/mol. The maximum Gasteiger partial charge on any atom is 0.206 e. The zero-order chi connectivity index (χ0) is 24.8. The molecule has 2 rings (SSSR count). The zero-order valence-corrected chi connectivity index (χ0v) is 27.8. The smallest absolute Gasteiger partial charge is 0.206 e. The molecule has 184 valence electrons. The van der Waals surface area contributed by atoms with Crippen molar-refractivity contribution in [1.29, 1.82) is 0 Å². The lowest BCUT2D eigenvalue weighted by molar-refractivity contribution is 0.179. The van der Waals surface area contributed by atoms with Crippen LogP contribution in [0.5, 0.6) is 11.5 Å². The van der Waals surface area contributed by atoms with E-state index in [0.29, 0.717) is 55.8 Å². The van der Waals surface area contributed by atoms with E-state index in [4.69, 9.17) is 18.9 Å². The molecule has 0 aliphatic rings. The van der Waals surface area contributed by atoms with Crippen molar-refractivity contribution in [3.63, 3.8) is 0 Å². The predicted molar refractivity (Wildman–Crippen MR) is 149 cm³/mol. The molecule has 6 nitrogen and oxygen atoms in total. The van der Waals surface area contributed by atoms with E-state index in [-0.39, 0.29) is 19.4 Å². The summed E-state index contributed by atoms with van der Waals surface area (Å²) in [6, 6.07) is 6.06. The van der Waals surface area contributed by atoms with Gasteiger partial charge in [-0.15, -0.1) is 0 Å². The number of hydrogen-bond donors (Lipinski definition) is 0. The quantitative estimate of drug-likeness (QED) is 0.212. The SMILES string of the molecule is COCC(Br)COc1c(Br)cc(S(=O)(=O)c2cc(Br)c(OCC(Br)COC)c(Br)c2)cc1Br. The van der Waals surface area contributed by atoms with Gasteiger partial charge < -0.3 is 18.9 Å². The molecule has 0 heterocycles. The molecule has 0 aromatic heterocycles. The Bertz CT molecular complexity index is 941. The second-order valence-corrected chi connectivity index (χ2v) is 14.6. The van der Waals surface area contributed by atoms with E-state index in [9.17, 15) is 8.42 Å². The van der Waals surface area contributed by atoms with Gasteiger partial charge >= 0.3 is 0 Å². The summed E-state index contributed by atoms with van der Waals surface area (Å²) >= 11 is 20.6. The molecule has 0 spiro atoms. The lowest BCUT2D eigenvalue weighted by Crippen LogP contribution is -2.17. The lowest BCUT2D eigenvalue weighted by Gasteiger charge is -2.16. The van der Waals surface area contributed by atoms with Gasteiger partial charge in [0.1, 0.15) is 24.7 Å². The molecule has 0 saturated heterocycles. The Morgan fingerprint density at radius 3 is 1.24 bits per heavy atom. The van der Waals surface area contributed by atoms with Gasteiger partial charge in [-0.25, -0.2) is 8.42 Å². The van der Waals surface area contributed by atoms with Gasteiger partial charge in [-0.2, -0.15) is 0 Å². The van der Waals surface area contributed by atoms with Crippen LogP contribution in [0.4, 0.5) is 0 Å². The third-order valence-electron chi connectivity index (χ3n) is 4.08. The first-order valence-electron chi connectivity index (χ1n) is 9.26. The first-order valence-corrected chi connectivity index (χ1v) is 15.7. The fraction of sp³-hybridized carbons (Fsp3) is 0.400. The molecule has 2 atom stereocenters. The molecule has 0 aliphatic heterocycles. The molecule has 0 fully saturated rings. The summed E-state index contributed by atoms with van der Waals surface area (Å²) in [7, 11) is -0.620. The molecule has 0 radical (unpaired) electrons. The number of sulfone groups is 1. The van der Waals surface area contributed by atoms with Gasteiger partial charge in [-0.3, -0.25) is 0 Å². The summed E-state index contributed by atoms with van der Waals surface area (Å²) in [5.74, 6) is 1.00. The number of rotatable bonds is 12. The van der Waals surface area contributed by atoms with Crippen LogP contribution in [0, 0.1) is 0 Å². The molecule has 0 N–H and O–H groups in total. The van der Waals surface area contributed by atoms with Gasteiger partial charge in [0.05, 0.1) is 50.5 Å². The normalized spacial score (nSPS) is 13.6. The van der Waals surface area contributed by atoms with Gasteiger partial charge in [-0.05, 0) is 88.0 Å². The van der Waals surface area contributed by atoms with Crippen LogP contribution in [0.3, 0.4) is 0 Å². The molecule has 2 unspecified atom stereocenters. The molecular formula is C20H20Br6O6S. The summed E-state index contributed by atoms with van der Waals surface area (Å²) in [6.45, 7) is 1.65. The summed E-state index contributed by atoms with van der Waals surface area (Å²) in [6.07, 6.45) is 0. The fourth-order valence-electron chi connectivity index (χ4n) is 2.60. The molecule has 13 heteroatoms. The second kappa shape index (κ2) is 13.9.